The van der Waals surface area contributed by atoms with Crippen molar-refractivity contribution in [3.05, 3.63) is 70.4 Å². The molecule has 2 heteroatoms. The van der Waals surface area contributed by atoms with Gasteiger partial charge in [0, 0.05) is 43.1 Å². The molecule has 0 spiro atoms. The molecule has 3 aromatic rings. The van der Waals surface area contributed by atoms with Gasteiger partial charge >= 0.3 is 0 Å². The van der Waals surface area contributed by atoms with Gasteiger partial charge < -0.3 is 9.47 Å². The summed E-state index contributed by atoms with van der Waals surface area (Å²) in [5.41, 5.74) is 9.04. The number of hydrogen-bond donors (Lipinski definition) is 0. The van der Waals surface area contributed by atoms with E-state index < -0.39 is 0 Å². The predicted molar refractivity (Wildman–Crippen MR) is 95.0 cm³/mol. The lowest BCUT2D eigenvalue weighted by atomic mass is 9.90. The third-order valence-electron chi connectivity index (χ3n) is 5.65. The van der Waals surface area contributed by atoms with E-state index in [0.717, 1.165) is 13.1 Å². The smallest absolute Gasteiger partial charge is 0.0525 e. The summed E-state index contributed by atoms with van der Waals surface area (Å²) in [6, 6.07) is 15.8. The Morgan fingerprint density at radius 3 is 2.74 bits per heavy atom. The van der Waals surface area contributed by atoms with Gasteiger partial charge in [-0.1, -0.05) is 42.0 Å². The van der Waals surface area contributed by atoms with Gasteiger partial charge in [0.1, 0.15) is 0 Å². The molecule has 2 nitrogen and oxygen atoms in total. The highest BCUT2D eigenvalue weighted by atomic mass is 15.1. The van der Waals surface area contributed by atoms with Crippen LogP contribution in [-0.2, 0) is 19.5 Å². The van der Waals surface area contributed by atoms with Crippen molar-refractivity contribution in [3.8, 4) is 0 Å². The van der Waals surface area contributed by atoms with Gasteiger partial charge in [0.05, 0.1) is 5.52 Å². The first kappa shape index (κ1) is 13.4. The fourth-order valence-corrected chi connectivity index (χ4v) is 4.62. The van der Waals surface area contributed by atoms with E-state index in [-0.39, 0.29) is 0 Å². The summed E-state index contributed by atoms with van der Waals surface area (Å²) in [4.78, 5) is 2.45. The Morgan fingerprint density at radius 2 is 1.91 bits per heavy atom. The summed E-state index contributed by atoms with van der Waals surface area (Å²) < 4.78 is 2.63. The molecule has 0 amide bonds. The minimum Gasteiger partial charge on any atom is -0.343 e. The fraction of sp³-hybridized carbons (Fsp3) is 0.333. The average molecular weight is 302 g/mol. The number of rotatable bonds is 1. The molecule has 1 unspecified atom stereocenters. The van der Waals surface area contributed by atoms with E-state index in [1.165, 1.54) is 40.6 Å². The minimum atomic E-state index is 0.513. The molecule has 1 aromatic heterocycles. The summed E-state index contributed by atoms with van der Waals surface area (Å²) in [5.74, 6) is 0.513. The molecular weight excluding hydrogens is 280 g/mol. The first-order valence-corrected chi connectivity index (χ1v) is 8.60. The molecule has 0 fully saturated rings. The maximum absolute atomic E-state index is 2.63. The molecule has 2 aliphatic heterocycles. The van der Waals surface area contributed by atoms with Gasteiger partial charge in [-0.15, -0.1) is 0 Å². The number of fused-ring (bicyclic) bond motifs is 3. The number of likely N-dealkylation sites (N-methyl/N-ethyl adjacent to an activating group) is 1. The van der Waals surface area contributed by atoms with E-state index in [9.17, 15) is 0 Å². The van der Waals surface area contributed by atoms with Gasteiger partial charge in [-0.05, 0) is 36.7 Å². The molecule has 2 aromatic carbocycles. The van der Waals surface area contributed by atoms with E-state index in [1.54, 1.807) is 11.3 Å². The number of nitrogens with zero attached hydrogens (tertiary/aromatic N) is 2. The first-order valence-electron chi connectivity index (χ1n) is 8.60. The maximum atomic E-state index is 2.63. The quantitative estimate of drug-likeness (QED) is 0.657. The van der Waals surface area contributed by atoms with Crippen LogP contribution in [0.25, 0.3) is 10.9 Å². The molecule has 0 aliphatic carbocycles. The second-order valence-electron chi connectivity index (χ2n) is 7.24. The van der Waals surface area contributed by atoms with Gasteiger partial charge in [0.2, 0.25) is 0 Å². The molecular formula is C21H22N2. The second-order valence-corrected chi connectivity index (χ2v) is 7.24. The van der Waals surface area contributed by atoms with E-state index in [2.05, 4.69) is 65.9 Å². The highest BCUT2D eigenvalue weighted by Gasteiger charge is 2.32. The minimum absolute atomic E-state index is 0.513. The third kappa shape index (κ3) is 1.85. The average Bonchev–Trinajstić information content (AvgIpc) is 3.07. The van der Waals surface area contributed by atoms with E-state index >= 15 is 0 Å². The fourth-order valence-electron chi connectivity index (χ4n) is 4.62. The summed E-state index contributed by atoms with van der Waals surface area (Å²) in [7, 11) is 2.24. The number of hydrogen-bond acceptors (Lipinski definition) is 1. The van der Waals surface area contributed by atoms with Gasteiger partial charge in [0.15, 0.2) is 0 Å². The summed E-state index contributed by atoms with van der Waals surface area (Å²) in [5, 5.41) is 1.50. The first-order chi connectivity index (χ1) is 11.2. The molecule has 23 heavy (non-hydrogen) atoms. The van der Waals surface area contributed by atoms with E-state index in [4.69, 9.17) is 0 Å². The van der Waals surface area contributed by atoms with Crippen molar-refractivity contribution >= 4 is 10.9 Å². The molecule has 3 heterocycles. The van der Waals surface area contributed by atoms with Crippen molar-refractivity contribution in [1.29, 1.82) is 0 Å². The largest absolute Gasteiger partial charge is 0.343 e. The number of aryl methyl sites for hydroxylation is 1. The van der Waals surface area contributed by atoms with Crippen LogP contribution in [0.1, 0.15) is 33.9 Å². The van der Waals surface area contributed by atoms with Crippen LogP contribution in [0.5, 0.6) is 0 Å². The van der Waals surface area contributed by atoms with Crippen LogP contribution in [0.2, 0.25) is 0 Å². The Bertz CT molecular complexity index is 905. The molecule has 0 saturated carbocycles. The van der Waals surface area contributed by atoms with Crippen LogP contribution in [-0.4, -0.2) is 23.1 Å². The van der Waals surface area contributed by atoms with E-state index in [1.807, 2.05) is 0 Å². The van der Waals surface area contributed by atoms with Gasteiger partial charge in [-0.2, -0.15) is 0 Å². The maximum Gasteiger partial charge on any atom is 0.0525 e. The molecule has 1 atom stereocenters. The topological polar surface area (TPSA) is 8.17 Å². The lowest BCUT2D eigenvalue weighted by Crippen LogP contribution is -2.27. The van der Waals surface area contributed by atoms with Crippen molar-refractivity contribution in [1.82, 2.24) is 9.47 Å². The number of benzene rings is 2. The summed E-state index contributed by atoms with van der Waals surface area (Å²) in [6.45, 7) is 5.62. The van der Waals surface area contributed by atoms with Gasteiger partial charge in [-0.3, -0.25) is 0 Å². The summed E-state index contributed by atoms with van der Waals surface area (Å²) >= 11 is 0. The molecule has 2 aliphatic rings. The molecule has 0 radical (unpaired) electrons. The second kappa shape index (κ2) is 4.72. The summed E-state index contributed by atoms with van der Waals surface area (Å²) in [6.07, 6.45) is 1.18. The van der Waals surface area contributed by atoms with Crippen LogP contribution in [0.3, 0.4) is 0 Å². The van der Waals surface area contributed by atoms with Crippen molar-refractivity contribution in [3.63, 3.8) is 0 Å². The van der Waals surface area contributed by atoms with Crippen LogP contribution in [0.15, 0.2) is 42.5 Å². The van der Waals surface area contributed by atoms with Crippen LogP contribution in [0.4, 0.5) is 0 Å². The molecule has 5 rings (SSSR count). The Balaban J connectivity index is 1.77. The lowest BCUT2D eigenvalue weighted by Gasteiger charge is -2.25. The van der Waals surface area contributed by atoms with Crippen molar-refractivity contribution in [2.75, 3.05) is 13.6 Å². The Hall–Kier alpha value is -2.06. The standard InChI is InChI=1S/C21H22N2/c1-14-10-16-18(15-6-4-3-5-7-15)13-23-20-8-9-22(2)12-19(20)17(11-14)21(16)23/h3-7,10-11,18H,8-9,12-13H2,1-2H3. The van der Waals surface area contributed by atoms with Crippen molar-refractivity contribution < 1.29 is 0 Å². The zero-order valence-electron chi connectivity index (χ0n) is 13.8. The highest BCUT2D eigenvalue weighted by molar-refractivity contribution is 5.91. The molecule has 0 N–H and O–H groups in total. The van der Waals surface area contributed by atoms with Gasteiger partial charge in [0.25, 0.3) is 0 Å². The lowest BCUT2D eigenvalue weighted by molar-refractivity contribution is 0.309. The Morgan fingerprint density at radius 1 is 1.09 bits per heavy atom. The van der Waals surface area contributed by atoms with Crippen LogP contribution < -0.4 is 0 Å². The molecule has 0 bridgehead atoms. The highest BCUT2D eigenvalue weighted by Crippen LogP contribution is 2.44. The monoisotopic (exact) mass is 302 g/mol. The van der Waals surface area contributed by atoms with Crippen LogP contribution >= 0.6 is 0 Å². The van der Waals surface area contributed by atoms with Gasteiger partial charge in [-0.25, -0.2) is 0 Å². The SMILES string of the molecule is Cc1cc2c3c(c1)c1c(n3CC2c2ccccc2)CCN(C)C1. The third-order valence-corrected chi connectivity index (χ3v) is 5.65. The molecule has 0 saturated heterocycles. The Labute approximate surface area is 137 Å². The number of aromatic nitrogens is 1. The predicted octanol–water partition coefficient (Wildman–Crippen LogP) is 4.08. The van der Waals surface area contributed by atoms with E-state index in [0.29, 0.717) is 5.92 Å². The Kier molecular flexibility index (Phi) is 2.75. The molecule has 116 valence electrons. The van der Waals surface area contributed by atoms with Crippen LogP contribution in [0, 0.1) is 6.92 Å². The van der Waals surface area contributed by atoms with Crippen molar-refractivity contribution in [2.24, 2.45) is 0 Å². The van der Waals surface area contributed by atoms with Crippen molar-refractivity contribution in [2.45, 2.75) is 32.4 Å². The zero-order chi connectivity index (χ0) is 15.6. The normalized spacial score (nSPS) is 20.2. The zero-order valence-corrected chi connectivity index (χ0v) is 13.8.